The number of nitrogens with one attached hydrogen (secondary N) is 1. The van der Waals surface area contributed by atoms with Crippen molar-refractivity contribution in [1.82, 2.24) is 14.9 Å². The van der Waals surface area contributed by atoms with Gasteiger partial charge in [0.05, 0.1) is 23.5 Å². The highest BCUT2D eigenvalue weighted by molar-refractivity contribution is 7.80. The summed E-state index contributed by atoms with van der Waals surface area (Å²) in [6.07, 6.45) is 1.81. The molecule has 2 atom stereocenters. The van der Waals surface area contributed by atoms with E-state index in [0.29, 0.717) is 5.11 Å². The first-order valence-corrected chi connectivity index (χ1v) is 11.0. The molecule has 5 rings (SSSR count). The molecular formula is C26H24N4OS. The van der Waals surface area contributed by atoms with Crippen LogP contribution in [-0.2, 0) is 0 Å². The van der Waals surface area contributed by atoms with Crippen LogP contribution < -0.4 is 10.2 Å². The molecule has 32 heavy (non-hydrogen) atoms. The number of aromatic hydroxyl groups is 1. The van der Waals surface area contributed by atoms with E-state index in [9.17, 15) is 5.11 Å². The molecule has 1 fully saturated rings. The molecule has 0 aliphatic carbocycles. The highest BCUT2D eigenvalue weighted by Crippen LogP contribution is 2.44. The number of anilines is 1. The highest BCUT2D eigenvalue weighted by Gasteiger charge is 2.42. The Hall–Kier alpha value is -3.64. The summed E-state index contributed by atoms with van der Waals surface area (Å²) in [5.41, 5.74) is 5.97. The van der Waals surface area contributed by atoms with Gasteiger partial charge in [0.15, 0.2) is 5.11 Å². The lowest BCUT2D eigenvalue weighted by molar-refractivity contribution is 0.471. The summed E-state index contributed by atoms with van der Waals surface area (Å²) in [4.78, 5) is 6.81. The molecule has 2 N–H and O–H groups in total. The van der Waals surface area contributed by atoms with Gasteiger partial charge in [0.2, 0.25) is 0 Å². The lowest BCUT2D eigenvalue weighted by Crippen LogP contribution is -2.29. The Balaban J connectivity index is 1.70. The van der Waals surface area contributed by atoms with Crippen LogP contribution in [0.2, 0.25) is 0 Å². The molecule has 0 bridgehead atoms. The number of thiocarbonyl (C=S) groups is 1. The summed E-state index contributed by atoms with van der Waals surface area (Å²) in [5, 5.41) is 14.7. The minimum absolute atomic E-state index is 0.0920. The van der Waals surface area contributed by atoms with E-state index in [1.807, 2.05) is 60.8 Å². The summed E-state index contributed by atoms with van der Waals surface area (Å²) >= 11 is 5.81. The van der Waals surface area contributed by atoms with Gasteiger partial charge in [-0.05, 0) is 74.1 Å². The standard InChI is InChI=1S/C26H24N4OS/c1-17-16-20(18(2)29(17)22-13-6-7-14-23(22)31)25-24(21-12-8-9-15-27-21)28-26(32)30(25)19-10-4-3-5-11-19/h3-16,24-25,31H,1-2H3,(H,28,32)/t24-,25+/m1/s1. The first kappa shape index (κ1) is 20.3. The molecule has 2 aromatic carbocycles. The van der Waals surface area contributed by atoms with Crippen LogP contribution in [0.25, 0.3) is 5.69 Å². The molecule has 2 aromatic heterocycles. The number of phenols is 1. The number of nitrogens with zero attached hydrogens (tertiary/aromatic N) is 3. The normalized spacial score (nSPS) is 18.1. The largest absolute Gasteiger partial charge is 0.506 e. The molecule has 0 unspecified atom stereocenters. The van der Waals surface area contributed by atoms with Crippen LogP contribution in [0.1, 0.15) is 34.7 Å². The molecular weight excluding hydrogens is 416 g/mol. The topological polar surface area (TPSA) is 53.3 Å². The number of benzene rings is 2. The third-order valence-corrected chi connectivity index (χ3v) is 6.36. The molecule has 1 aliphatic rings. The third kappa shape index (κ3) is 3.33. The number of hydrogen-bond acceptors (Lipinski definition) is 3. The van der Waals surface area contributed by atoms with Crippen molar-refractivity contribution in [3.63, 3.8) is 0 Å². The maximum atomic E-state index is 10.5. The zero-order valence-corrected chi connectivity index (χ0v) is 18.8. The van der Waals surface area contributed by atoms with E-state index in [2.05, 4.69) is 51.8 Å². The molecule has 0 radical (unpaired) electrons. The van der Waals surface area contributed by atoms with Crippen molar-refractivity contribution in [1.29, 1.82) is 0 Å². The molecule has 0 spiro atoms. The average molecular weight is 441 g/mol. The van der Waals surface area contributed by atoms with Crippen molar-refractivity contribution in [2.45, 2.75) is 25.9 Å². The van der Waals surface area contributed by atoms with Crippen molar-refractivity contribution < 1.29 is 5.11 Å². The van der Waals surface area contributed by atoms with Crippen LogP contribution in [0, 0.1) is 13.8 Å². The second-order valence-electron chi connectivity index (χ2n) is 7.98. The summed E-state index contributed by atoms with van der Waals surface area (Å²) in [5.74, 6) is 0.252. The number of aryl methyl sites for hydroxylation is 1. The van der Waals surface area contributed by atoms with E-state index in [1.165, 1.54) is 0 Å². The fourth-order valence-corrected chi connectivity index (χ4v) is 4.99. The van der Waals surface area contributed by atoms with E-state index in [4.69, 9.17) is 12.2 Å². The first-order chi connectivity index (χ1) is 15.6. The number of para-hydroxylation sites is 3. The molecule has 1 aliphatic heterocycles. The van der Waals surface area contributed by atoms with E-state index in [-0.39, 0.29) is 17.8 Å². The lowest BCUT2D eigenvalue weighted by atomic mass is 9.96. The van der Waals surface area contributed by atoms with Gasteiger partial charge in [-0.25, -0.2) is 0 Å². The predicted molar refractivity (Wildman–Crippen MR) is 131 cm³/mol. The van der Waals surface area contributed by atoms with Gasteiger partial charge in [0.1, 0.15) is 5.75 Å². The van der Waals surface area contributed by atoms with E-state index in [0.717, 1.165) is 34.0 Å². The molecule has 0 saturated carbocycles. The first-order valence-electron chi connectivity index (χ1n) is 10.6. The van der Waals surface area contributed by atoms with Gasteiger partial charge in [-0.3, -0.25) is 4.98 Å². The molecule has 5 nitrogen and oxygen atoms in total. The van der Waals surface area contributed by atoms with Gasteiger partial charge in [0.25, 0.3) is 0 Å². The maximum absolute atomic E-state index is 10.5. The molecule has 6 heteroatoms. The van der Waals surface area contributed by atoms with Crippen LogP contribution in [0.3, 0.4) is 0 Å². The Morgan fingerprint density at radius 1 is 0.938 bits per heavy atom. The van der Waals surface area contributed by atoms with Crippen molar-refractivity contribution in [3.8, 4) is 11.4 Å². The monoisotopic (exact) mass is 440 g/mol. The fourth-order valence-electron chi connectivity index (χ4n) is 4.65. The van der Waals surface area contributed by atoms with Gasteiger partial charge in [0, 0.05) is 23.3 Å². The van der Waals surface area contributed by atoms with E-state index >= 15 is 0 Å². The van der Waals surface area contributed by atoms with Crippen molar-refractivity contribution in [2.24, 2.45) is 0 Å². The van der Waals surface area contributed by atoms with Gasteiger partial charge in [-0.2, -0.15) is 0 Å². The minimum atomic E-state index is -0.109. The second-order valence-corrected chi connectivity index (χ2v) is 8.37. The Morgan fingerprint density at radius 2 is 1.66 bits per heavy atom. The summed E-state index contributed by atoms with van der Waals surface area (Å²) in [7, 11) is 0. The number of aromatic nitrogens is 2. The zero-order chi connectivity index (χ0) is 22.2. The van der Waals surface area contributed by atoms with Crippen LogP contribution in [0.5, 0.6) is 5.75 Å². The average Bonchev–Trinajstić information content (AvgIpc) is 3.31. The van der Waals surface area contributed by atoms with E-state index in [1.54, 1.807) is 6.07 Å². The quantitative estimate of drug-likeness (QED) is 0.418. The second kappa shape index (κ2) is 8.13. The zero-order valence-electron chi connectivity index (χ0n) is 17.9. The number of rotatable bonds is 4. The predicted octanol–water partition coefficient (Wildman–Crippen LogP) is 5.37. The van der Waals surface area contributed by atoms with Gasteiger partial charge in [-0.15, -0.1) is 0 Å². The van der Waals surface area contributed by atoms with Crippen molar-refractivity contribution >= 4 is 23.0 Å². The van der Waals surface area contributed by atoms with Crippen molar-refractivity contribution in [2.75, 3.05) is 4.90 Å². The molecule has 4 aromatic rings. The third-order valence-electron chi connectivity index (χ3n) is 6.04. The Labute approximate surface area is 193 Å². The highest BCUT2D eigenvalue weighted by atomic mass is 32.1. The van der Waals surface area contributed by atoms with Crippen LogP contribution in [-0.4, -0.2) is 19.8 Å². The summed E-state index contributed by atoms with van der Waals surface area (Å²) in [6.45, 7) is 4.15. The Bertz CT molecular complexity index is 1270. The van der Waals surface area contributed by atoms with Crippen LogP contribution >= 0.6 is 12.2 Å². The fraction of sp³-hybridized carbons (Fsp3) is 0.154. The van der Waals surface area contributed by atoms with Crippen LogP contribution in [0.15, 0.2) is 85.1 Å². The summed E-state index contributed by atoms with van der Waals surface area (Å²) in [6, 6.07) is 25.6. The number of hydrogen-bond donors (Lipinski definition) is 2. The van der Waals surface area contributed by atoms with E-state index < -0.39 is 0 Å². The lowest BCUT2D eigenvalue weighted by Gasteiger charge is -2.28. The summed E-state index contributed by atoms with van der Waals surface area (Å²) < 4.78 is 2.10. The van der Waals surface area contributed by atoms with Crippen molar-refractivity contribution in [3.05, 3.63) is 108 Å². The van der Waals surface area contributed by atoms with Crippen LogP contribution in [0.4, 0.5) is 5.69 Å². The maximum Gasteiger partial charge on any atom is 0.174 e. The Kier molecular flexibility index (Phi) is 5.15. The smallest absolute Gasteiger partial charge is 0.174 e. The Morgan fingerprint density at radius 3 is 2.38 bits per heavy atom. The molecule has 160 valence electrons. The molecule has 3 heterocycles. The van der Waals surface area contributed by atoms with Gasteiger partial charge < -0.3 is 19.9 Å². The molecule has 0 amide bonds. The minimum Gasteiger partial charge on any atom is -0.506 e. The van der Waals surface area contributed by atoms with Gasteiger partial charge >= 0.3 is 0 Å². The number of phenolic OH excluding ortho intramolecular Hbond substituents is 1. The SMILES string of the molecule is Cc1cc([C@H]2[C@@H](c3ccccn3)NC(=S)N2c2ccccc2)c(C)n1-c1ccccc1O. The molecule has 1 saturated heterocycles. The number of pyridine rings is 1. The van der Waals surface area contributed by atoms with Gasteiger partial charge in [-0.1, -0.05) is 36.4 Å².